The lowest BCUT2D eigenvalue weighted by Gasteiger charge is -2.28. The van der Waals surface area contributed by atoms with Crippen molar-refractivity contribution in [3.63, 3.8) is 0 Å². The van der Waals surface area contributed by atoms with E-state index in [1.54, 1.807) is 36.4 Å². The fourth-order valence-electron chi connectivity index (χ4n) is 4.65. The average molecular weight is 603 g/mol. The number of aromatic nitrogens is 1. The molecule has 226 valence electrons. The number of carbonyl (C=O) groups is 1. The molecule has 1 aliphatic rings. The smallest absolute Gasteiger partial charge is 0.343 e. The lowest BCUT2D eigenvalue weighted by atomic mass is 9.87. The Balaban J connectivity index is 1.53. The van der Waals surface area contributed by atoms with Gasteiger partial charge in [-0.1, -0.05) is 18.2 Å². The summed E-state index contributed by atoms with van der Waals surface area (Å²) >= 11 is 0. The predicted molar refractivity (Wildman–Crippen MR) is 151 cm³/mol. The minimum Gasteiger partial charge on any atom is -0.507 e. The van der Waals surface area contributed by atoms with Crippen LogP contribution in [0.2, 0.25) is 0 Å². The first kappa shape index (κ1) is 31.1. The van der Waals surface area contributed by atoms with Gasteiger partial charge in [0.15, 0.2) is 5.03 Å². The van der Waals surface area contributed by atoms with Gasteiger partial charge in [0.1, 0.15) is 17.0 Å². The van der Waals surface area contributed by atoms with Gasteiger partial charge in [0.05, 0.1) is 31.4 Å². The molecular formula is C28H34N4O9S. The number of amides is 1. The zero-order valence-electron chi connectivity index (χ0n) is 22.6. The van der Waals surface area contributed by atoms with E-state index >= 15 is 0 Å². The van der Waals surface area contributed by atoms with Gasteiger partial charge in [-0.05, 0) is 55.0 Å². The molecule has 1 fully saturated rings. The zero-order valence-corrected chi connectivity index (χ0v) is 23.5. The largest absolute Gasteiger partial charge is 0.507 e. The van der Waals surface area contributed by atoms with E-state index < -0.39 is 58.9 Å². The van der Waals surface area contributed by atoms with E-state index in [0.717, 1.165) is 12.8 Å². The first-order chi connectivity index (χ1) is 20.0. The predicted octanol–water partition coefficient (Wildman–Crippen LogP) is 0.695. The normalized spacial score (nSPS) is 15.1. The SMILES string of the molecule is NC(CCC(=O)NC(CO)(CO)CO)c1cc(O)c(C(c2cccc(NS(=O)(=O)c3ccccn3)c2)C2CC2)c(=O)o1. The second-order valence-corrected chi connectivity index (χ2v) is 12.0. The molecule has 2 unspecified atom stereocenters. The Morgan fingerprint density at radius 1 is 1.10 bits per heavy atom. The molecule has 0 saturated heterocycles. The zero-order chi connectivity index (χ0) is 30.5. The maximum Gasteiger partial charge on any atom is 0.343 e. The van der Waals surface area contributed by atoms with Gasteiger partial charge < -0.3 is 35.9 Å². The lowest BCUT2D eigenvalue weighted by Crippen LogP contribution is -2.57. The molecule has 1 saturated carbocycles. The van der Waals surface area contributed by atoms with E-state index in [9.17, 15) is 38.4 Å². The molecule has 42 heavy (non-hydrogen) atoms. The van der Waals surface area contributed by atoms with Crippen molar-refractivity contribution in [3.05, 3.63) is 82.0 Å². The van der Waals surface area contributed by atoms with Gasteiger partial charge in [0, 0.05) is 30.3 Å². The van der Waals surface area contributed by atoms with Crippen molar-refractivity contribution in [3.8, 4) is 5.75 Å². The van der Waals surface area contributed by atoms with Crippen molar-refractivity contribution in [1.29, 1.82) is 0 Å². The van der Waals surface area contributed by atoms with E-state index in [1.807, 2.05) is 0 Å². The number of nitrogens with zero attached hydrogens (tertiary/aromatic N) is 1. The molecule has 0 aliphatic heterocycles. The maximum absolute atomic E-state index is 13.2. The summed E-state index contributed by atoms with van der Waals surface area (Å²) < 4.78 is 33.5. The lowest BCUT2D eigenvalue weighted by molar-refractivity contribution is -0.125. The van der Waals surface area contributed by atoms with Gasteiger partial charge in [-0.25, -0.2) is 9.78 Å². The van der Waals surface area contributed by atoms with Crippen molar-refractivity contribution in [2.75, 3.05) is 24.5 Å². The summed E-state index contributed by atoms with van der Waals surface area (Å²) in [5.41, 5.74) is 4.64. The molecule has 1 aliphatic carbocycles. The highest BCUT2D eigenvalue weighted by molar-refractivity contribution is 7.92. The number of pyridine rings is 1. The second kappa shape index (κ2) is 13.0. The summed E-state index contributed by atoms with van der Waals surface area (Å²) in [6.45, 7) is -2.03. The standard InChI is InChI=1S/C28H34N4O9S/c29-20(9-10-23(37)31-28(14-33,15-34)16-35)22-13-21(36)26(27(38)41-22)25(17-7-8-17)18-4-3-5-19(12-18)32-42(39,40)24-6-1-2-11-30-24/h1-6,11-13,17,20,25,32-36H,7-10,14-16,29H2,(H,31,37). The number of benzene rings is 1. The second-order valence-electron chi connectivity index (χ2n) is 10.4. The molecule has 2 aromatic heterocycles. The molecule has 1 amide bonds. The molecule has 14 heteroatoms. The number of rotatable bonds is 14. The molecule has 13 nitrogen and oxygen atoms in total. The Bertz CT molecular complexity index is 1550. The number of anilines is 1. The maximum atomic E-state index is 13.2. The Labute approximate surface area is 242 Å². The number of aromatic hydroxyl groups is 1. The molecule has 0 bridgehead atoms. The topological polar surface area (TPSA) is 225 Å². The van der Waals surface area contributed by atoms with Crippen LogP contribution in [-0.4, -0.2) is 65.1 Å². The van der Waals surface area contributed by atoms with E-state index in [-0.39, 0.29) is 46.5 Å². The molecule has 0 spiro atoms. The van der Waals surface area contributed by atoms with Crippen LogP contribution < -0.4 is 21.4 Å². The van der Waals surface area contributed by atoms with E-state index in [2.05, 4.69) is 15.0 Å². The number of sulfonamides is 1. The third kappa shape index (κ3) is 7.14. The van der Waals surface area contributed by atoms with Crippen molar-refractivity contribution in [1.82, 2.24) is 10.3 Å². The summed E-state index contributed by atoms with van der Waals surface area (Å²) in [5.74, 6) is -1.52. The molecule has 3 aromatic rings. The van der Waals surface area contributed by atoms with Crippen molar-refractivity contribution < 1.29 is 38.1 Å². The first-order valence-corrected chi connectivity index (χ1v) is 14.8. The highest BCUT2D eigenvalue weighted by Gasteiger charge is 2.38. The van der Waals surface area contributed by atoms with Crippen LogP contribution in [0.4, 0.5) is 5.69 Å². The molecule has 4 rings (SSSR count). The van der Waals surface area contributed by atoms with E-state index in [0.29, 0.717) is 5.56 Å². The number of hydrogen-bond acceptors (Lipinski definition) is 11. The van der Waals surface area contributed by atoms with Crippen molar-refractivity contribution in [2.45, 2.75) is 48.2 Å². The number of nitrogens with one attached hydrogen (secondary N) is 2. The van der Waals surface area contributed by atoms with Crippen LogP contribution >= 0.6 is 0 Å². The quantitative estimate of drug-likeness (QED) is 0.136. The molecule has 2 atom stereocenters. The number of nitrogens with two attached hydrogens (primary N) is 1. The number of hydrogen-bond donors (Lipinski definition) is 7. The third-order valence-corrected chi connectivity index (χ3v) is 8.46. The summed E-state index contributed by atoms with van der Waals surface area (Å²) in [4.78, 5) is 29.4. The summed E-state index contributed by atoms with van der Waals surface area (Å²) in [7, 11) is -3.95. The minimum absolute atomic E-state index is 0.00353. The number of aliphatic hydroxyl groups is 3. The minimum atomic E-state index is -3.95. The Morgan fingerprint density at radius 3 is 2.40 bits per heavy atom. The fraction of sp³-hybridized carbons (Fsp3) is 0.393. The first-order valence-electron chi connectivity index (χ1n) is 13.3. The van der Waals surface area contributed by atoms with E-state index in [4.69, 9.17) is 10.2 Å². The van der Waals surface area contributed by atoms with Crippen LogP contribution in [-0.2, 0) is 14.8 Å². The molecule has 0 radical (unpaired) electrons. The average Bonchev–Trinajstić information content (AvgIpc) is 3.82. The van der Waals surface area contributed by atoms with E-state index in [1.165, 1.54) is 18.3 Å². The Kier molecular flexibility index (Phi) is 9.64. The van der Waals surface area contributed by atoms with Crippen LogP contribution in [0, 0.1) is 5.92 Å². The van der Waals surface area contributed by atoms with Crippen molar-refractivity contribution >= 4 is 21.6 Å². The Hall–Kier alpha value is -3.82. The van der Waals surface area contributed by atoms with Gasteiger partial charge >= 0.3 is 5.63 Å². The van der Waals surface area contributed by atoms with Crippen LogP contribution in [0.25, 0.3) is 0 Å². The van der Waals surface area contributed by atoms with Crippen LogP contribution in [0.15, 0.2) is 69.0 Å². The number of carbonyl (C=O) groups excluding carboxylic acids is 1. The van der Waals surface area contributed by atoms with Crippen molar-refractivity contribution in [2.24, 2.45) is 11.7 Å². The summed E-state index contributed by atoms with van der Waals surface area (Å²) in [6, 6.07) is 11.4. The fourth-order valence-corrected chi connectivity index (χ4v) is 5.65. The highest BCUT2D eigenvalue weighted by atomic mass is 32.2. The van der Waals surface area contributed by atoms with Gasteiger partial charge in [-0.15, -0.1) is 0 Å². The molecular weight excluding hydrogens is 568 g/mol. The van der Waals surface area contributed by atoms with Crippen LogP contribution in [0.3, 0.4) is 0 Å². The highest BCUT2D eigenvalue weighted by Crippen LogP contribution is 2.48. The molecule has 8 N–H and O–H groups in total. The summed E-state index contributed by atoms with van der Waals surface area (Å²) in [6.07, 6.45) is 2.77. The monoisotopic (exact) mass is 602 g/mol. The van der Waals surface area contributed by atoms with Gasteiger partial charge in [0.2, 0.25) is 5.91 Å². The molecule has 1 aromatic carbocycles. The Morgan fingerprint density at radius 2 is 1.81 bits per heavy atom. The summed E-state index contributed by atoms with van der Waals surface area (Å²) in [5, 5.41) is 41.3. The van der Waals surface area contributed by atoms with Gasteiger partial charge in [-0.2, -0.15) is 8.42 Å². The van der Waals surface area contributed by atoms with Crippen LogP contribution in [0.5, 0.6) is 5.75 Å². The number of aliphatic hydroxyl groups excluding tert-OH is 3. The van der Waals surface area contributed by atoms with Gasteiger partial charge in [-0.3, -0.25) is 9.52 Å². The van der Waals surface area contributed by atoms with Crippen LogP contribution in [0.1, 0.15) is 54.5 Å². The van der Waals surface area contributed by atoms with Gasteiger partial charge in [0.25, 0.3) is 10.0 Å². The molecule has 2 heterocycles. The third-order valence-electron chi connectivity index (χ3n) is 7.16.